The molecule has 0 atom stereocenters. The van der Waals surface area contributed by atoms with Gasteiger partial charge in [0.15, 0.2) is 0 Å². The molecule has 1 heterocycles. The zero-order chi connectivity index (χ0) is 13.0. The van der Waals surface area contributed by atoms with E-state index in [1.165, 1.54) is 0 Å². The fourth-order valence-corrected chi connectivity index (χ4v) is 1.90. The average molecular weight is 268 g/mol. The van der Waals surface area contributed by atoms with Crippen molar-refractivity contribution in [1.29, 1.82) is 0 Å². The van der Waals surface area contributed by atoms with Gasteiger partial charge in [0.25, 0.3) is 0 Å². The molecule has 5 nitrogen and oxygen atoms in total. The summed E-state index contributed by atoms with van der Waals surface area (Å²) in [6.07, 6.45) is 0. The molecule has 1 aromatic heterocycles. The summed E-state index contributed by atoms with van der Waals surface area (Å²) in [7, 11) is 1.59. The highest BCUT2D eigenvalue weighted by atomic mass is 35.5. The number of hydrogen-bond acceptors (Lipinski definition) is 4. The molecule has 0 fully saturated rings. The maximum absolute atomic E-state index is 9.18. The van der Waals surface area contributed by atoms with Crippen molar-refractivity contribution in [2.75, 3.05) is 7.11 Å². The predicted octanol–water partition coefficient (Wildman–Crippen LogP) is 1.62. The van der Waals surface area contributed by atoms with Crippen LogP contribution in [0.15, 0.2) is 24.3 Å². The molecule has 1 aromatic carbocycles. The fraction of sp³-hybridized carbons (Fsp3) is 0.333. The van der Waals surface area contributed by atoms with Crippen LogP contribution in [-0.2, 0) is 24.5 Å². The van der Waals surface area contributed by atoms with Gasteiger partial charge in [-0.1, -0.05) is 35.0 Å². The Bertz CT molecular complexity index is 528. The monoisotopic (exact) mass is 267 g/mol. The van der Waals surface area contributed by atoms with Crippen molar-refractivity contribution in [3.8, 4) is 0 Å². The lowest BCUT2D eigenvalue weighted by molar-refractivity contribution is 0.173. The molecule has 0 aliphatic heterocycles. The van der Waals surface area contributed by atoms with Gasteiger partial charge in [-0.05, 0) is 11.6 Å². The molecule has 0 bridgehead atoms. The smallest absolute Gasteiger partial charge is 0.114 e. The van der Waals surface area contributed by atoms with E-state index in [-0.39, 0.29) is 6.61 Å². The van der Waals surface area contributed by atoms with Crippen molar-refractivity contribution in [3.63, 3.8) is 0 Å². The zero-order valence-corrected chi connectivity index (χ0v) is 10.8. The van der Waals surface area contributed by atoms with E-state index in [1.54, 1.807) is 11.8 Å². The first-order valence-corrected chi connectivity index (χ1v) is 5.88. The van der Waals surface area contributed by atoms with Crippen LogP contribution in [0.5, 0.6) is 0 Å². The van der Waals surface area contributed by atoms with Gasteiger partial charge in [-0.3, -0.25) is 0 Å². The van der Waals surface area contributed by atoms with Gasteiger partial charge in [0.05, 0.1) is 25.5 Å². The molecular weight excluding hydrogens is 254 g/mol. The van der Waals surface area contributed by atoms with Gasteiger partial charge in [-0.2, -0.15) is 0 Å². The van der Waals surface area contributed by atoms with Crippen molar-refractivity contribution in [2.45, 2.75) is 19.8 Å². The highest BCUT2D eigenvalue weighted by Crippen LogP contribution is 2.17. The van der Waals surface area contributed by atoms with E-state index in [0.717, 1.165) is 11.3 Å². The first-order valence-electron chi connectivity index (χ1n) is 5.50. The van der Waals surface area contributed by atoms with Gasteiger partial charge in [0.2, 0.25) is 0 Å². The standard InChI is InChI=1S/C12H14ClN3O2/c1-18-8-12-11(7-17)14-15-16(12)6-9-4-2-3-5-10(9)13/h2-5,17H,6-8H2,1H3. The van der Waals surface area contributed by atoms with Crippen LogP contribution in [0.25, 0.3) is 0 Å². The second-order valence-electron chi connectivity index (χ2n) is 3.82. The summed E-state index contributed by atoms with van der Waals surface area (Å²) in [6.45, 7) is 0.708. The number of rotatable bonds is 5. The van der Waals surface area contributed by atoms with Gasteiger partial charge in [-0.25, -0.2) is 4.68 Å². The summed E-state index contributed by atoms with van der Waals surface area (Å²) >= 11 is 6.10. The molecule has 0 unspecified atom stereocenters. The molecule has 0 amide bonds. The lowest BCUT2D eigenvalue weighted by atomic mass is 10.2. The highest BCUT2D eigenvalue weighted by molar-refractivity contribution is 6.31. The maximum atomic E-state index is 9.18. The van der Waals surface area contributed by atoms with Crippen molar-refractivity contribution < 1.29 is 9.84 Å². The number of benzene rings is 1. The SMILES string of the molecule is COCc1c(CO)nnn1Cc1ccccc1Cl. The molecule has 0 radical (unpaired) electrons. The predicted molar refractivity (Wildman–Crippen MR) is 67.2 cm³/mol. The van der Waals surface area contributed by atoms with Crippen LogP contribution in [0.4, 0.5) is 0 Å². The molecule has 0 aliphatic rings. The Hall–Kier alpha value is -1.43. The van der Waals surface area contributed by atoms with Crippen LogP contribution >= 0.6 is 11.6 Å². The summed E-state index contributed by atoms with van der Waals surface area (Å²) in [4.78, 5) is 0. The zero-order valence-electron chi connectivity index (χ0n) is 10.0. The summed E-state index contributed by atoms with van der Waals surface area (Å²) in [5.74, 6) is 0. The summed E-state index contributed by atoms with van der Waals surface area (Å²) in [6, 6.07) is 7.56. The lowest BCUT2D eigenvalue weighted by Crippen LogP contribution is -2.08. The molecule has 96 valence electrons. The third-order valence-corrected chi connectivity index (χ3v) is 3.00. The van der Waals surface area contributed by atoms with Crippen molar-refractivity contribution in [1.82, 2.24) is 15.0 Å². The lowest BCUT2D eigenvalue weighted by Gasteiger charge is -2.08. The minimum Gasteiger partial charge on any atom is -0.390 e. The van der Waals surface area contributed by atoms with Crippen LogP contribution in [-0.4, -0.2) is 27.2 Å². The highest BCUT2D eigenvalue weighted by Gasteiger charge is 2.12. The topological polar surface area (TPSA) is 60.2 Å². The normalized spacial score (nSPS) is 10.8. The van der Waals surface area contributed by atoms with Crippen LogP contribution in [0.3, 0.4) is 0 Å². The average Bonchev–Trinajstić information content (AvgIpc) is 2.75. The Balaban J connectivity index is 2.29. The van der Waals surface area contributed by atoms with Crippen LogP contribution in [0.2, 0.25) is 5.02 Å². The van der Waals surface area contributed by atoms with Crippen molar-refractivity contribution in [2.24, 2.45) is 0 Å². The van der Waals surface area contributed by atoms with Gasteiger partial charge in [0, 0.05) is 12.1 Å². The number of methoxy groups -OCH3 is 1. The molecule has 2 rings (SSSR count). The molecule has 0 aliphatic carbocycles. The van der Waals surface area contributed by atoms with Crippen molar-refractivity contribution >= 4 is 11.6 Å². The molecule has 6 heteroatoms. The Kier molecular flexibility index (Phi) is 4.30. The third-order valence-electron chi connectivity index (χ3n) is 2.63. The van der Waals surface area contributed by atoms with E-state index in [2.05, 4.69) is 10.3 Å². The Morgan fingerprint density at radius 1 is 1.39 bits per heavy atom. The van der Waals surface area contributed by atoms with E-state index in [1.807, 2.05) is 24.3 Å². The first kappa shape index (κ1) is 13.0. The first-order chi connectivity index (χ1) is 8.76. The molecule has 2 aromatic rings. The Labute approximate surface area is 110 Å². The minimum absolute atomic E-state index is 0.152. The van der Waals surface area contributed by atoms with E-state index in [9.17, 15) is 5.11 Å². The molecule has 18 heavy (non-hydrogen) atoms. The number of hydrogen-bond donors (Lipinski definition) is 1. The number of aliphatic hydroxyl groups is 1. The number of aliphatic hydroxyl groups excluding tert-OH is 1. The molecule has 0 spiro atoms. The van der Waals surface area contributed by atoms with Gasteiger partial charge in [-0.15, -0.1) is 5.10 Å². The third kappa shape index (κ3) is 2.69. The minimum atomic E-state index is -0.152. The summed E-state index contributed by atoms with van der Waals surface area (Å²) in [5.41, 5.74) is 2.25. The number of nitrogens with zero attached hydrogens (tertiary/aromatic N) is 3. The largest absolute Gasteiger partial charge is 0.390 e. The van der Waals surface area contributed by atoms with E-state index >= 15 is 0 Å². The number of ether oxygens (including phenoxy) is 1. The van der Waals surface area contributed by atoms with Crippen molar-refractivity contribution in [3.05, 3.63) is 46.2 Å². The van der Waals surface area contributed by atoms with E-state index in [0.29, 0.717) is 23.9 Å². The van der Waals surface area contributed by atoms with E-state index in [4.69, 9.17) is 16.3 Å². The molecule has 0 saturated carbocycles. The van der Waals surface area contributed by atoms with Crippen LogP contribution < -0.4 is 0 Å². The molecule has 0 saturated heterocycles. The van der Waals surface area contributed by atoms with Gasteiger partial charge in [0.1, 0.15) is 5.69 Å². The van der Waals surface area contributed by atoms with Gasteiger partial charge < -0.3 is 9.84 Å². The Morgan fingerprint density at radius 2 is 2.17 bits per heavy atom. The van der Waals surface area contributed by atoms with Gasteiger partial charge >= 0.3 is 0 Å². The molecule has 1 N–H and O–H groups in total. The van der Waals surface area contributed by atoms with E-state index < -0.39 is 0 Å². The Morgan fingerprint density at radius 3 is 2.83 bits per heavy atom. The second kappa shape index (κ2) is 5.95. The van der Waals surface area contributed by atoms with Crippen LogP contribution in [0.1, 0.15) is 17.0 Å². The summed E-state index contributed by atoms with van der Waals surface area (Å²) < 4.78 is 6.78. The molecular formula is C12H14ClN3O2. The summed E-state index contributed by atoms with van der Waals surface area (Å²) in [5, 5.41) is 17.8. The second-order valence-corrected chi connectivity index (χ2v) is 4.23. The van der Waals surface area contributed by atoms with Crippen LogP contribution in [0, 0.1) is 0 Å². The fourth-order valence-electron chi connectivity index (χ4n) is 1.70. The number of halogens is 1. The number of aromatic nitrogens is 3. The quantitative estimate of drug-likeness (QED) is 0.894. The maximum Gasteiger partial charge on any atom is 0.114 e.